The van der Waals surface area contributed by atoms with E-state index in [9.17, 15) is 0 Å². The van der Waals surface area contributed by atoms with Crippen LogP contribution in [0, 0.1) is 0 Å². The molecule has 1 aromatic heterocycles. The molecule has 1 aromatic carbocycles. The lowest BCUT2D eigenvalue weighted by Gasteiger charge is -2.16. The Morgan fingerprint density at radius 2 is 2.12 bits per heavy atom. The van der Waals surface area contributed by atoms with Crippen molar-refractivity contribution in [1.82, 2.24) is 5.32 Å². The molecular formula is C18H25N3O2S. The van der Waals surface area contributed by atoms with Gasteiger partial charge in [0.05, 0.1) is 13.7 Å². The Labute approximate surface area is 147 Å². The second-order valence-electron chi connectivity index (χ2n) is 5.33. The molecule has 0 saturated heterocycles. The monoisotopic (exact) mass is 347 g/mol. The molecule has 2 rings (SSSR count). The number of thiophene rings is 1. The minimum absolute atomic E-state index is 0.421. The number of hydrogen-bond acceptors (Lipinski definition) is 4. The lowest BCUT2D eigenvalue weighted by atomic mass is 10.1. The summed E-state index contributed by atoms with van der Waals surface area (Å²) in [6.07, 6.45) is 0. The number of benzene rings is 1. The standard InChI is InChI=1S/C18H25N3O2S/c1-5-23-17-10-15(6-7-16(17)22-4)21-18(19-3)20-11-13(2)14-8-9-24-12-14/h6-10,12-13H,5,11H2,1-4H3,(H2,19,20,21). The van der Waals surface area contributed by atoms with Gasteiger partial charge in [0.15, 0.2) is 17.5 Å². The van der Waals surface area contributed by atoms with Crippen molar-refractivity contribution < 1.29 is 9.47 Å². The van der Waals surface area contributed by atoms with E-state index in [2.05, 4.69) is 39.4 Å². The molecular weight excluding hydrogens is 322 g/mol. The van der Waals surface area contributed by atoms with E-state index < -0.39 is 0 Å². The summed E-state index contributed by atoms with van der Waals surface area (Å²) in [4.78, 5) is 4.28. The highest BCUT2D eigenvalue weighted by molar-refractivity contribution is 7.07. The van der Waals surface area contributed by atoms with Gasteiger partial charge in [0.2, 0.25) is 0 Å². The predicted octanol–water partition coefficient (Wildman–Crippen LogP) is 3.95. The van der Waals surface area contributed by atoms with Gasteiger partial charge in [0, 0.05) is 25.3 Å². The summed E-state index contributed by atoms with van der Waals surface area (Å²) in [6.45, 7) is 5.55. The van der Waals surface area contributed by atoms with Crippen molar-refractivity contribution in [3.8, 4) is 11.5 Å². The Balaban J connectivity index is 1.98. The summed E-state index contributed by atoms with van der Waals surface area (Å²) >= 11 is 1.72. The SMILES string of the molecule is CCOc1cc(NC(=NC)NCC(C)c2ccsc2)ccc1OC. The molecule has 0 amide bonds. The molecule has 0 radical (unpaired) electrons. The number of nitrogens with zero attached hydrogens (tertiary/aromatic N) is 1. The van der Waals surface area contributed by atoms with Gasteiger partial charge in [-0.3, -0.25) is 4.99 Å². The minimum Gasteiger partial charge on any atom is -0.493 e. The first-order valence-corrected chi connectivity index (χ1v) is 8.92. The molecule has 1 heterocycles. The van der Waals surface area contributed by atoms with Crippen LogP contribution in [0.4, 0.5) is 5.69 Å². The summed E-state index contributed by atoms with van der Waals surface area (Å²) in [5.41, 5.74) is 2.24. The zero-order valence-electron chi connectivity index (χ0n) is 14.6. The van der Waals surface area contributed by atoms with Gasteiger partial charge in [0.25, 0.3) is 0 Å². The summed E-state index contributed by atoms with van der Waals surface area (Å²) in [7, 11) is 3.40. The largest absolute Gasteiger partial charge is 0.493 e. The van der Waals surface area contributed by atoms with Gasteiger partial charge in [-0.05, 0) is 47.4 Å². The summed E-state index contributed by atoms with van der Waals surface area (Å²) in [5.74, 6) is 2.58. The topological polar surface area (TPSA) is 54.9 Å². The molecule has 0 spiro atoms. The molecule has 0 bridgehead atoms. The maximum Gasteiger partial charge on any atom is 0.195 e. The summed E-state index contributed by atoms with van der Waals surface area (Å²) in [5, 5.41) is 10.9. The predicted molar refractivity (Wildman–Crippen MR) is 102 cm³/mol. The van der Waals surface area contributed by atoms with Crippen molar-refractivity contribution in [3.05, 3.63) is 40.6 Å². The average Bonchev–Trinajstić information content (AvgIpc) is 3.13. The van der Waals surface area contributed by atoms with Crippen LogP contribution in [-0.4, -0.2) is 33.3 Å². The van der Waals surface area contributed by atoms with E-state index in [0.717, 1.165) is 23.9 Å². The van der Waals surface area contributed by atoms with Gasteiger partial charge in [-0.15, -0.1) is 0 Å². The molecule has 0 aliphatic rings. The van der Waals surface area contributed by atoms with Crippen molar-refractivity contribution in [1.29, 1.82) is 0 Å². The van der Waals surface area contributed by atoms with Crippen molar-refractivity contribution in [2.45, 2.75) is 19.8 Å². The zero-order chi connectivity index (χ0) is 17.4. The maximum atomic E-state index is 5.61. The number of anilines is 1. The average molecular weight is 347 g/mol. The molecule has 6 heteroatoms. The zero-order valence-corrected chi connectivity index (χ0v) is 15.4. The highest BCUT2D eigenvalue weighted by Crippen LogP contribution is 2.30. The Morgan fingerprint density at radius 1 is 1.29 bits per heavy atom. The van der Waals surface area contributed by atoms with E-state index in [0.29, 0.717) is 18.3 Å². The van der Waals surface area contributed by atoms with Gasteiger partial charge >= 0.3 is 0 Å². The number of aliphatic imine (C=N–C) groups is 1. The molecule has 24 heavy (non-hydrogen) atoms. The summed E-state index contributed by atoms with van der Waals surface area (Å²) in [6, 6.07) is 7.90. The third kappa shape index (κ3) is 4.89. The molecule has 0 saturated carbocycles. The van der Waals surface area contributed by atoms with Gasteiger partial charge in [-0.25, -0.2) is 0 Å². The van der Waals surface area contributed by atoms with Crippen molar-refractivity contribution in [2.24, 2.45) is 4.99 Å². The van der Waals surface area contributed by atoms with Crippen LogP contribution in [0.25, 0.3) is 0 Å². The molecule has 0 fully saturated rings. The van der Waals surface area contributed by atoms with Crippen molar-refractivity contribution in [3.63, 3.8) is 0 Å². The quantitative estimate of drug-likeness (QED) is 0.588. The molecule has 0 aliphatic heterocycles. The fourth-order valence-corrected chi connectivity index (χ4v) is 3.04. The van der Waals surface area contributed by atoms with Gasteiger partial charge < -0.3 is 20.1 Å². The first kappa shape index (κ1) is 18.1. The van der Waals surface area contributed by atoms with Gasteiger partial charge in [0.1, 0.15) is 0 Å². The minimum atomic E-state index is 0.421. The number of rotatable bonds is 7. The van der Waals surface area contributed by atoms with Crippen LogP contribution in [0.1, 0.15) is 25.3 Å². The molecule has 1 unspecified atom stereocenters. The molecule has 0 aliphatic carbocycles. The number of methoxy groups -OCH3 is 1. The summed E-state index contributed by atoms with van der Waals surface area (Å²) < 4.78 is 10.9. The molecule has 2 N–H and O–H groups in total. The highest BCUT2D eigenvalue weighted by Gasteiger charge is 2.09. The Kier molecular flexibility index (Phi) is 6.93. The molecule has 2 aromatic rings. The van der Waals surface area contributed by atoms with Crippen LogP contribution in [0.2, 0.25) is 0 Å². The highest BCUT2D eigenvalue weighted by atomic mass is 32.1. The number of hydrogen-bond donors (Lipinski definition) is 2. The smallest absolute Gasteiger partial charge is 0.195 e. The van der Waals surface area contributed by atoms with E-state index in [1.165, 1.54) is 5.56 Å². The van der Waals surface area contributed by atoms with Crippen molar-refractivity contribution >= 4 is 23.0 Å². The van der Waals surface area contributed by atoms with Crippen LogP contribution in [0.15, 0.2) is 40.0 Å². The van der Waals surface area contributed by atoms with Crippen LogP contribution >= 0.6 is 11.3 Å². The van der Waals surface area contributed by atoms with Crippen molar-refractivity contribution in [2.75, 3.05) is 32.6 Å². The Bertz CT molecular complexity index is 656. The third-order valence-electron chi connectivity index (χ3n) is 3.64. The maximum absolute atomic E-state index is 5.61. The third-order valence-corrected chi connectivity index (χ3v) is 4.34. The number of ether oxygens (including phenoxy) is 2. The fraction of sp³-hybridized carbons (Fsp3) is 0.389. The molecule has 1 atom stereocenters. The van der Waals surface area contributed by atoms with E-state index in [1.807, 2.05) is 25.1 Å². The molecule has 5 nitrogen and oxygen atoms in total. The number of nitrogens with one attached hydrogen (secondary N) is 2. The Morgan fingerprint density at radius 3 is 2.75 bits per heavy atom. The normalized spacial score (nSPS) is 12.6. The fourth-order valence-electron chi connectivity index (χ4n) is 2.26. The number of guanidine groups is 1. The second kappa shape index (κ2) is 9.17. The van der Waals surface area contributed by atoms with Gasteiger partial charge in [-0.1, -0.05) is 6.92 Å². The lowest BCUT2D eigenvalue weighted by molar-refractivity contribution is 0.311. The van der Waals surface area contributed by atoms with E-state index in [4.69, 9.17) is 9.47 Å². The van der Waals surface area contributed by atoms with Crippen LogP contribution in [-0.2, 0) is 0 Å². The first-order valence-electron chi connectivity index (χ1n) is 7.98. The van der Waals surface area contributed by atoms with Crippen LogP contribution < -0.4 is 20.1 Å². The van der Waals surface area contributed by atoms with Crippen LogP contribution in [0.3, 0.4) is 0 Å². The lowest BCUT2D eigenvalue weighted by Crippen LogP contribution is -2.33. The van der Waals surface area contributed by atoms with Gasteiger partial charge in [-0.2, -0.15) is 11.3 Å². The van der Waals surface area contributed by atoms with Crippen LogP contribution in [0.5, 0.6) is 11.5 Å². The molecule has 130 valence electrons. The Hall–Kier alpha value is -2.21. The van der Waals surface area contributed by atoms with E-state index >= 15 is 0 Å². The second-order valence-corrected chi connectivity index (χ2v) is 6.11. The first-order chi connectivity index (χ1) is 11.7. The van der Waals surface area contributed by atoms with E-state index in [-0.39, 0.29) is 0 Å². The van der Waals surface area contributed by atoms with E-state index in [1.54, 1.807) is 25.5 Å².